The van der Waals surface area contributed by atoms with Crippen LogP contribution in [0.1, 0.15) is 10.4 Å². The van der Waals surface area contributed by atoms with Crippen LogP contribution in [0.15, 0.2) is 36.4 Å². The molecule has 2 aromatic carbocycles. The van der Waals surface area contributed by atoms with Gasteiger partial charge in [-0.25, -0.2) is 4.39 Å². The number of hydrogen-bond donors (Lipinski definition) is 3. The van der Waals surface area contributed by atoms with Crippen molar-refractivity contribution in [2.45, 2.75) is 0 Å². The number of aromatic hydroxyl groups is 2. The monoisotopic (exact) mass is 281 g/mol. The van der Waals surface area contributed by atoms with Gasteiger partial charge in [0, 0.05) is 5.56 Å². The first-order chi connectivity index (χ1) is 8.99. The van der Waals surface area contributed by atoms with Crippen molar-refractivity contribution in [2.75, 3.05) is 5.32 Å². The Bertz CT molecular complexity index is 646. The summed E-state index contributed by atoms with van der Waals surface area (Å²) in [6, 6.07) is 7.76. The number of carbonyl (C=O) groups excluding carboxylic acids is 1. The van der Waals surface area contributed by atoms with E-state index in [0.29, 0.717) is 0 Å². The van der Waals surface area contributed by atoms with Gasteiger partial charge in [-0.15, -0.1) is 0 Å². The second-order valence-corrected chi connectivity index (χ2v) is 4.17. The highest BCUT2D eigenvalue weighted by Gasteiger charge is 2.12. The molecular weight excluding hydrogens is 273 g/mol. The van der Waals surface area contributed by atoms with Crippen LogP contribution in [0.5, 0.6) is 11.5 Å². The minimum atomic E-state index is -0.736. The fourth-order valence-corrected chi connectivity index (χ4v) is 1.63. The van der Waals surface area contributed by atoms with Gasteiger partial charge < -0.3 is 15.5 Å². The second-order valence-electron chi connectivity index (χ2n) is 3.76. The molecule has 2 aromatic rings. The number of carbonyl (C=O) groups is 1. The van der Waals surface area contributed by atoms with E-state index >= 15 is 0 Å². The summed E-state index contributed by atoms with van der Waals surface area (Å²) >= 11 is 5.59. The van der Waals surface area contributed by atoms with Crippen molar-refractivity contribution in [3.63, 3.8) is 0 Å². The minimum absolute atomic E-state index is 0.0648. The van der Waals surface area contributed by atoms with E-state index in [2.05, 4.69) is 5.32 Å². The molecule has 0 spiro atoms. The molecule has 0 saturated heterocycles. The predicted molar refractivity (Wildman–Crippen MR) is 69.1 cm³/mol. The fourth-order valence-electron chi connectivity index (χ4n) is 1.46. The fraction of sp³-hybridized carbons (Fsp3) is 0. The molecule has 0 aliphatic rings. The van der Waals surface area contributed by atoms with Crippen LogP contribution in [-0.2, 0) is 0 Å². The molecule has 98 valence electrons. The van der Waals surface area contributed by atoms with Crippen LogP contribution >= 0.6 is 11.6 Å². The largest absolute Gasteiger partial charge is 0.504 e. The van der Waals surface area contributed by atoms with E-state index in [1.165, 1.54) is 30.3 Å². The van der Waals surface area contributed by atoms with E-state index in [0.717, 1.165) is 6.07 Å². The first-order valence-corrected chi connectivity index (χ1v) is 5.64. The van der Waals surface area contributed by atoms with Crippen molar-refractivity contribution < 1.29 is 19.4 Å². The lowest BCUT2D eigenvalue weighted by Crippen LogP contribution is -2.12. The Kier molecular flexibility index (Phi) is 3.57. The van der Waals surface area contributed by atoms with Crippen molar-refractivity contribution in [1.29, 1.82) is 0 Å². The zero-order valence-corrected chi connectivity index (χ0v) is 10.3. The minimum Gasteiger partial charge on any atom is -0.504 e. The first-order valence-electron chi connectivity index (χ1n) is 5.26. The van der Waals surface area contributed by atoms with Gasteiger partial charge in [-0.05, 0) is 30.3 Å². The zero-order valence-electron chi connectivity index (χ0n) is 9.52. The molecule has 19 heavy (non-hydrogen) atoms. The van der Waals surface area contributed by atoms with E-state index in [1.54, 1.807) is 0 Å². The molecule has 0 saturated carbocycles. The smallest absolute Gasteiger partial charge is 0.255 e. The number of phenolic OH excluding ortho intramolecular Hbond substituents is 2. The van der Waals surface area contributed by atoms with Crippen LogP contribution in [0.2, 0.25) is 5.02 Å². The number of phenols is 2. The number of rotatable bonds is 2. The molecule has 0 heterocycles. The maximum atomic E-state index is 13.6. The number of amides is 1. The van der Waals surface area contributed by atoms with Crippen LogP contribution in [-0.4, -0.2) is 16.1 Å². The number of hydrogen-bond acceptors (Lipinski definition) is 3. The van der Waals surface area contributed by atoms with Gasteiger partial charge in [0.25, 0.3) is 5.91 Å². The van der Waals surface area contributed by atoms with E-state index < -0.39 is 17.5 Å². The molecule has 0 radical (unpaired) electrons. The van der Waals surface area contributed by atoms with Crippen LogP contribution in [0.25, 0.3) is 0 Å². The molecule has 4 nitrogen and oxygen atoms in total. The maximum Gasteiger partial charge on any atom is 0.255 e. The van der Waals surface area contributed by atoms with Gasteiger partial charge in [0.2, 0.25) is 0 Å². The molecule has 0 atom stereocenters. The molecule has 0 fully saturated rings. The summed E-state index contributed by atoms with van der Waals surface area (Å²) in [5, 5.41) is 20.6. The standard InChI is InChI=1S/C13H9ClFNO3/c14-8-2-1-3-9(12(8)15)16-13(19)7-4-5-10(17)11(18)6-7/h1-6,17-18H,(H,16,19). The van der Waals surface area contributed by atoms with Gasteiger partial charge in [-0.2, -0.15) is 0 Å². The molecule has 2 rings (SSSR count). The van der Waals surface area contributed by atoms with E-state index in [9.17, 15) is 14.3 Å². The molecule has 1 amide bonds. The normalized spacial score (nSPS) is 10.2. The third kappa shape index (κ3) is 2.77. The van der Waals surface area contributed by atoms with Gasteiger partial charge in [0.1, 0.15) is 0 Å². The molecular formula is C13H9ClFNO3. The number of benzene rings is 2. The van der Waals surface area contributed by atoms with Crippen molar-refractivity contribution in [3.8, 4) is 11.5 Å². The predicted octanol–water partition coefficient (Wildman–Crippen LogP) is 3.14. The summed E-state index contributed by atoms with van der Waals surface area (Å²) in [5.41, 5.74) is 0.0136. The van der Waals surface area contributed by atoms with Crippen LogP contribution < -0.4 is 5.32 Å². The molecule has 0 bridgehead atoms. The number of nitrogens with one attached hydrogen (secondary N) is 1. The lowest BCUT2D eigenvalue weighted by molar-refractivity contribution is 0.102. The average molecular weight is 282 g/mol. The quantitative estimate of drug-likeness (QED) is 0.741. The Morgan fingerprint density at radius 1 is 1.16 bits per heavy atom. The SMILES string of the molecule is O=C(Nc1cccc(Cl)c1F)c1ccc(O)c(O)c1. The Balaban J connectivity index is 2.26. The van der Waals surface area contributed by atoms with Gasteiger partial charge in [0.15, 0.2) is 17.3 Å². The highest BCUT2D eigenvalue weighted by atomic mass is 35.5. The molecule has 0 aliphatic carbocycles. The molecule has 0 unspecified atom stereocenters. The summed E-state index contributed by atoms with van der Waals surface area (Å²) in [6.07, 6.45) is 0. The van der Waals surface area contributed by atoms with Gasteiger partial charge in [0.05, 0.1) is 10.7 Å². The number of halogens is 2. The molecule has 0 aliphatic heterocycles. The van der Waals surface area contributed by atoms with Gasteiger partial charge in [-0.1, -0.05) is 17.7 Å². The molecule has 0 aromatic heterocycles. The lowest BCUT2D eigenvalue weighted by Gasteiger charge is -2.07. The van der Waals surface area contributed by atoms with Crippen molar-refractivity contribution >= 4 is 23.2 Å². The van der Waals surface area contributed by atoms with E-state index in [1.807, 2.05) is 0 Å². The average Bonchev–Trinajstić information content (AvgIpc) is 2.38. The summed E-state index contributed by atoms with van der Waals surface area (Å²) in [6.45, 7) is 0. The molecule has 6 heteroatoms. The Morgan fingerprint density at radius 3 is 2.58 bits per heavy atom. The zero-order chi connectivity index (χ0) is 14.0. The second kappa shape index (κ2) is 5.16. The van der Waals surface area contributed by atoms with Crippen molar-refractivity contribution in [3.05, 3.63) is 52.8 Å². The topological polar surface area (TPSA) is 69.6 Å². The van der Waals surface area contributed by atoms with Crippen molar-refractivity contribution in [1.82, 2.24) is 0 Å². The Hall–Kier alpha value is -2.27. The Labute approximate surface area is 113 Å². The van der Waals surface area contributed by atoms with Crippen LogP contribution in [0.4, 0.5) is 10.1 Å². The summed E-state index contributed by atoms with van der Waals surface area (Å²) < 4.78 is 13.6. The van der Waals surface area contributed by atoms with Gasteiger partial charge >= 0.3 is 0 Å². The molecule has 3 N–H and O–H groups in total. The maximum absolute atomic E-state index is 13.6. The van der Waals surface area contributed by atoms with E-state index in [-0.39, 0.29) is 22.0 Å². The first kappa shape index (κ1) is 13.2. The lowest BCUT2D eigenvalue weighted by atomic mass is 10.2. The van der Waals surface area contributed by atoms with E-state index in [4.69, 9.17) is 16.7 Å². The number of anilines is 1. The van der Waals surface area contributed by atoms with Crippen LogP contribution in [0.3, 0.4) is 0 Å². The Morgan fingerprint density at radius 2 is 1.89 bits per heavy atom. The highest BCUT2D eigenvalue weighted by Crippen LogP contribution is 2.26. The summed E-state index contributed by atoms with van der Waals surface area (Å²) in [4.78, 5) is 11.8. The third-order valence-corrected chi connectivity index (χ3v) is 2.73. The third-order valence-electron chi connectivity index (χ3n) is 2.44. The van der Waals surface area contributed by atoms with Crippen molar-refractivity contribution in [2.24, 2.45) is 0 Å². The van der Waals surface area contributed by atoms with Gasteiger partial charge in [-0.3, -0.25) is 4.79 Å². The summed E-state index contributed by atoms with van der Waals surface area (Å²) in [5.74, 6) is -2.14. The highest BCUT2D eigenvalue weighted by molar-refractivity contribution is 6.31. The van der Waals surface area contributed by atoms with Crippen LogP contribution in [0, 0.1) is 5.82 Å². The summed E-state index contributed by atoms with van der Waals surface area (Å²) in [7, 11) is 0.